The van der Waals surface area contributed by atoms with Gasteiger partial charge >= 0.3 is 5.97 Å². The number of nitrogens with one attached hydrogen (secondary N) is 1. The minimum atomic E-state index is -0.909. The van der Waals surface area contributed by atoms with Crippen molar-refractivity contribution in [3.05, 3.63) is 0 Å². The molecule has 0 bridgehead atoms. The first-order valence-corrected chi connectivity index (χ1v) is 3.67. The Morgan fingerprint density at radius 2 is 2.09 bits per heavy atom. The van der Waals surface area contributed by atoms with Gasteiger partial charge < -0.3 is 15.5 Å². The molecule has 0 rings (SSSR count). The molecule has 0 aromatic carbocycles. The first-order chi connectivity index (χ1) is 5.07. The van der Waals surface area contributed by atoms with Crippen LogP contribution in [0.15, 0.2) is 0 Å². The van der Waals surface area contributed by atoms with Crippen LogP contribution in [0.4, 0.5) is 0 Å². The lowest BCUT2D eigenvalue weighted by Crippen LogP contribution is -2.41. The zero-order valence-electron chi connectivity index (χ0n) is 6.87. The van der Waals surface area contributed by atoms with E-state index in [1.807, 2.05) is 13.8 Å². The lowest BCUT2D eigenvalue weighted by Gasteiger charge is -2.15. The van der Waals surface area contributed by atoms with Crippen LogP contribution in [0.2, 0.25) is 0 Å². The van der Waals surface area contributed by atoms with Crippen LogP contribution >= 0.6 is 0 Å². The van der Waals surface area contributed by atoms with E-state index in [1.165, 1.54) is 0 Å². The van der Waals surface area contributed by atoms with Gasteiger partial charge in [0.25, 0.3) is 0 Å². The number of hydrogen-bond acceptors (Lipinski definition) is 3. The lowest BCUT2D eigenvalue weighted by atomic mass is 10.2. The molecule has 4 heteroatoms. The van der Waals surface area contributed by atoms with Gasteiger partial charge in [0, 0.05) is 12.6 Å². The summed E-state index contributed by atoms with van der Waals surface area (Å²) in [7, 11) is 0. The first-order valence-electron chi connectivity index (χ1n) is 3.67. The predicted molar refractivity (Wildman–Crippen MR) is 41.4 cm³/mol. The van der Waals surface area contributed by atoms with E-state index in [-0.39, 0.29) is 19.1 Å². The van der Waals surface area contributed by atoms with Crippen LogP contribution in [0.25, 0.3) is 0 Å². The summed E-state index contributed by atoms with van der Waals surface area (Å²) in [6, 6.07) is -0.498. The van der Waals surface area contributed by atoms with Gasteiger partial charge in [0.05, 0.1) is 0 Å². The summed E-state index contributed by atoms with van der Waals surface area (Å²) in [4.78, 5) is 10.5. The number of carbonyl (C=O) groups is 1. The molecule has 66 valence electrons. The summed E-state index contributed by atoms with van der Waals surface area (Å²) in [5, 5.41) is 19.9. The van der Waals surface area contributed by atoms with E-state index < -0.39 is 12.0 Å². The maximum absolute atomic E-state index is 10.5. The second-order valence-corrected chi connectivity index (χ2v) is 2.72. The third-order valence-corrected chi connectivity index (χ3v) is 1.25. The number of aliphatic carboxylic acids is 1. The third-order valence-electron chi connectivity index (χ3n) is 1.25. The van der Waals surface area contributed by atoms with Crippen molar-refractivity contribution >= 4 is 5.97 Å². The van der Waals surface area contributed by atoms with Crippen LogP contribution in [-0.4, -0.2) is 34.9 Å². The second kappa shape index (κ2) is 5.09. The molecule has 0 aliphatic rings. The first kappa shape index (κ1) is 10.4. The zero-order chi connectivity index (χ0) is 8.85. The summed E-state index contributed by atoms with van der Waals surface area (Å²) >= 11 is 0. The molecule has 3 N–H and O–H groups in total. The van der Waals surface area contributed by atoms with E-state index in [0.717, 1.165) is 0 Å². The summed E-state index contributed by atoms with van der Waals surface area (Å²) in [6.07, 6.45) is 0.257. The third kappa shape index (κ3) is 4.75. The molecule has 0 saturated carbocycles. The van der Waals surface area contributed by atoms with Gasteiger partial charge in [0.1, 0.15) is 6.04 Å². The Morgan fingerprint density at radius 1 is 1.55 bits per heavy atom. The Kier molecular flexibility index (Phi) is 4.81. The van der Waals surface area contributed by atoms with Crippen molar-refractivity contribution in [1.29, 1.82) is 0 Å². The molecule has 0 aliphatic heterocycles. The van der Waals surface area contributed by atoms with Gasteiger partial charge in [-0.2, -0.15) is 0 Å². The van der Waals surface area contributed by atoms with E-state index in [1.54, 1.807) is 0 Å². The van der Waals surface area contributed by atoms with Crippen molar-refractivity contribution in [2.24, 2.45) is 0 Å². The van der Waals surface area contributed by atoms with Crippen molar-refractivity contribution in [3.63, 3.8) is 0 Å². The molecule has 1 atom stereocenters. The molecule has 0 aromatic rings. The summed E-state index contributed by atoms with van der Waals surface area (Å²) in [5.74, 6) is -0.909. The summed E-state index contributed by atoms with van der Waals surface area (Å²) in [6.45, 7) is 3.64. The number of aliphatic hydroxyl groups excluding tert-OH is 1. The van der Waals surface area contributed by atoms with Crippen LogP contribution in [0.3, 0.4) is 0 Å². The second-order valence-electron chi connectivity index (χ2n) is 2.72. The van der Waals surface area contributed by atoms with Gasteiger partial charge in [0.2, 0.25) is 0 Å². The highest BCUT2D eigenvalue weighted by molar-refractivity contribution is 5.73. The van der Waals surface area contributed by atoms with Crippen molar-refractivity contribution in [1.82, 2.24) is 5.32 Å². The molecule has 0 radical (unpaired) electrons. The van der Waals surface area contributed by atoms with Crippen LogP contribution in [0.5, 0.6) is 0 Å². The molecular formula is C7H15NO3. The minimum Gasteiger partial charge on any atom is -0.480 e. The fraction of sp³-hybridized carbons (Fsp3) is 0.857. The Morgan fingerprint density at radius 3 is 2.36 bits per heavy atom. The number of carboxylic acid groups (broad SMARTS) is 1. The molecule has 0 unspecified atom stereocenters. The average Bonchev–Trinajstić information content (AvgIpc) is 1.86. The SMILES string of the molecule is CC(C)N[C@H](CCO)C(=O)O. The molecule has 11 heavy (non-hydrogen) atoms. The number of hydrogen-bond donors (Lipinski definition) is 3. The van der Waals surface area contributed by atoms with Crippen molar-refractivity contribution in [2.75, 3.05) is 6.61 Å². The topological polar surface area (TPSA) is 69.6 Å². The molecule has 0 heterocycles. The van der Waals surface area contributed by atoms with Gasteiger partial charge in [-0.25, -0.2) is 0 Å². The quantitative estimate of drug-likeness (QED) is 0.523. The number of rotatable bonds is 5. The van der Waals surface area contributed by atoms with Crippen molar-refractivity contribution in [3.8, 4) is 0 Å². The number of carboxylic acids is 1. The Balaban J connectivity index is 3.79. The van der Waals surface area contributed by atoms with Gasteiger partial charge in [-0.3, -0.25) is 4.79 Å². The van der Waals surface area contributed by atoms with Gasteiger partial charge in [-0.05, 0) is 6.42 Å². The van der Waals surface area contributed by atoms with Gasteiger partial charge in [0.15, 0.2) is 0 Å². The van der Waals surface area contributed by atoms with E-state index >= 15 is 0 Å². The monoisotopic (exact) mass is 161 g/mol. The Labute approximate surface area is 66.2 Å². The van der Waals surface area contributed by atoms with E-state index in [0.29, 0.717) is 0 Å². The van der Waals surface area contributed by atoms with Crippen molar-refractivity contribution < 1.29 is 15.0 Å². The highest BCUT2D eigenvalue weighted by Gasteiger charge is 2.16. The van der Waals surface area contributed by atoms with Gasteiger partial charge in [-0.15, -0.1) is 0 Å². The zero-order valence-corrected chi connectivity index (χ0v) is 6.87. The maximum atomic E-state index is 10.5. The molecule has 0 amide bonds. The molecule has 0 saturated heterocycles. The smallest absolute Gasteiger partial charge is 0.320 e. The molecule has 4 nitrogen and oxygen atoms in total. The largest absolute Gasteiger partial charge is 0.480 e. The molecule has 0 aliphatic carbocycles. The lowest BCUT2D eigenvalue weighted by molar-refractivity contribution is -0.140. The predicted octanol–water partition coefficient (Wildman–Crippen LogP) is -0.180. The van der Waals surface area contributed by atoms with Crippen LogP contribution < -0.4 is 5.32 Å². The van der Waals surface area contributed by atoms with E-state index in [9.17, 15) is 4.79 Å². The van der Waals surface area contributed by atoms with Crippen molar-refractivity contribution in [2.45, 2.75) is 32.4 Å². The average molecular weight is 161 g/mol. The maximum Gasteiger partial charge on any atom is 0.320 e. The standard InChI is InChI=1S/C7H15NO3/c1-5(2)8-6(3-4-9)7(10)11/h5-6,8-9H,3-4H2,1-2H3,(H,10,11)/t6-/m1/s1. The van der Waals surface area contributed by atoms with E-state index in [2.05, 4.69) is 5.32 Å². The van der Waals surface area contributed by atoms with Crippen LogP contribution in [0, 0.1) is 0 Å². The molecule has 0 fully saturated rings. The summed E-state index contributed by atoms with van der Waals surface area (Å²) < 4.78 is 0. The van der Waals surface area contributed by atoms with Gasteiger partial charge in [-0.1, -0.05) is 13.8 Å². The molecular weight excluding hydrogens is 146 g/mol. The van der Waals surface area contributed by atoms with Crippen LogP contribution in [-0.2, 0) is 4.79 Å². The highest BCUT2D eigenvalue weighted by Crippen LogP contribution is 1.93. The van der Waals surface area contributed by atoms with E-state index in [4.69, 9.17) is 10.2 Å². The summed E-state index contributed by atoms with van der Waals surface area (Å²) in [5.41, 5.74) is 0. The highest BCUT2D eigenvalue weighted by atomic mass is 16.4. The normalized spacial score (nSPS) is 13.5. The molecule has 0 aromatic heterocycles. The minimum absolute atomic E-state index is 0.101. The molecule has 0 spiro atoms. The number of aliphatic hydroxyl groups is 1. The van der Waals surface area contributed by atoms with Crippen LogP contribution in [0.1, 0.15) is 20.3 Å². The Bertz CT molecular complexity index is 125. The Hall–Kier alpha value is -0.610. The fourth-order valence-corrected chi connectivity index (χ4v) is 0.810. The fourth-order valence-electron chi connectivity index (χ4n) is 0.810.